The molecule has 0 aromatic carbocycles. The van der Waals surface area contributed by atoms with Crippen LogP contribution in [-0.4, -0.2) is 21.0 Å². The van der Waals surface area contributed by atoms with E-state index in [-0.39, 0.29) is 5.04 Å². The van der Waals surface area contributed by atoms with E-state index >= 15 is 0 Å². The molecule has 1 aliphatic heterocycles. The monoisotopic (exact) mass is 270 g/mol. The molecule has 1 fully saturated rings. The molecule has 3 heteroatoms. The first-order valence-corrected chi connectivity index (χ1v) is 10.0. The molecule has 0 aliphatic carbocycles. The Hall–Kier alpha value is -0.283. The van der Waals surface area contributed by atoms with Crippen molar-refractivity contribution in [2.75, 3.05) is 6.61 Å². The van der Waals surface area contributed by atoms with Crippen molar-refractivity contribution >= 4 is 8.32 Å². The lowest BCUT2D eigenvalue weighted by Gasteiger charge is -2.37. The smallest absolute Gasteiger partial charge is 0.191 e. The summed E-state index contributed by atoms with van der Waals surface area (Å²) in [6.45, 7) is 18.5. The molecule has 0 saturated carbocycles. The van der Waals surface area contributed by atoms with Gasteiger partial charge in [-0.2, -0.15) is 0 Å². The fourth-order valence-electron chi connectivity index (χ4n) is 1.95. The molecule has 1 heterocycles. The van der Waals surface area contributed by atoms with Gasteiger partial charge in [0.2, 0.25) is 0 Å². The average Bonchev–Trinajstić information content (AvgIpc) is 2.21. The van der Waals surface area contributed by atoms with E-state index in [0.29, 0.717) is 12.0 Å². The quantitative estimate of drug-likeness (QED) is 0.688. The fraction of sp³-hybridized carbons (Fsp3) is 0.867. The molecule has 106 valence electrons. The van der Waals surface area contributed by atoms with Crippen LogP contribution in [0.4, 0.5) is 0 Å². The zero-order valence-corrected chi connectivity index (χ0v) is 14.0. The molecule has 1 rings (SSSR count). The largest absolute Gasteiger partial charge is 0.495 e. The van der Waals surface area contributed by atoms with Crippen LogP contribution in [0.3, 0.4) is 0 Å². The van der Waals surface area contributed by atoms with E-state index in [1.807, 2.05) is 0 Å². The number of hydrogen-bond donors (Lipinski definition) is 0. The summed E-state index contributed by atoms with van der Waals surface area (Å²) in [7, 11) is -1.61. The highest BCUT2D eigenvalue weighted by atomic mass is 28.4. The number of allylic oxidation sites excluding steroid dienone is 1. The van der Waals surface area contributed by atoms with E-state index in [4.69, 9.17) is 9.16 Å². The van der Waals surface area contributed by atoms with E-state index in [1.165, 1.54) is 6.42 Å². The Labute approximate surface area is 114 Å². The molecular weight excluding hydrogens is 240 g/mol. The Morgan fingerprint density at radius 1 is 1.39 bits per heavy atom. The van der Waals surface area contributed by atoms with Crippen LogP contribution >= 0.6 is 0 Å². The molecule has 0 N–H and O–H groups in total. The minimum atomic E-state index is -1.61. The lowest BCUT2D eigenvalue weighted by molar-refractivity contribution is 0.0164. The van der Waals surface area contributed by atoms with Gasteiger partial charge < -0.3 is 9.16 Å². The third kappa shape index (κ3) is 4.13. The summed E-state index contributed by atoms with van der Waals surface area (Å²) in [6.07, 6.45) is 3.51. The van der Waals surface area contributed by atoms with Crippen LogP contribution in [0.1, 0.15) is 47.0 Å². The third-order valence-electron chi connectivity index (χ3n) is 4.50. The van der Waals surface area contributed by atoms with Gasteiger partial charge in [-0.15, -0.1) is 0 Å². The predicted octanol–water partition coefficient (Wildman–Crippen LogP) is 4.73. The minimum absolute atomic E-state index is 0.287. The SMILES string of the molecule is C=C1CC[C@H](C)[C@@H](CCO[Si](C)(C)C(C)(C)C)O1. The van der Waals surface area contributed by atoms with Gasteiger partial charge in [-0.1, -0.05) is 34.3 Å². The Morgan fingerprint density at radius 2 is 2.00 bits per heavy atom. The first-order chi connectivity index (χ1) is 8.13. The topological polar surface area (TPSA) is 18.5 Å². The lowest BCUT2D eigenvalue weighted by Crippen LogP contribution is -2.41. The van der Waals surface area contributed by atoms with E-state index in [1.54, 1.807) is 0 Å². The second-order valence-corrected chi connectivity index (χ2v) is 11.9. The number of ether oxygens (including phenoxy) is 1. The highest BCUT2D eigenvalue weighted by Gasteiger charge is 2.37. The van der Waals surface area contributed by atoms with Crippen LogP contribution in [0.15, 0.2) is 12.3 Å². The molecule has 0 aromatic rings. The standard InChI is InChI=1S/C15H30O2Si/c1-12-8-9-13(2)17-14(12)10-11-16-18(6,7)15(3,4)5/h12,14H,2,8-11H2,1,3-7H3/t12-,14+/m0/s1. The van der Waals surface area contributed by atoms with Crippen LogP contribution < -0.4 is 0 Å². The van der Waals surface area contributed by atoms with Gasteiger partial charge in [0, 0.05) is 19.4 Å². The van der Waals surface area contributed by atoms with Crippen LogP contribution in [0, 0.1) is 5.92 Å². The summed E-state index contributed by atoms with van der Waals surface area (Å²) in [5.74, 6) is 1.57. The Balaban J connectivity index is 2.39. The van der Waals surface area contributed by atoms with Crippen molar-refractivity contribution in [1.29, 1.82) is 0 Å². The summed E-state index contributed by atoms with van der Waals surface area (Å²) in [6, 6.07) is 0. The highest BCUT2D eigenvalue weighted by Crippen LogP contribution is 2.37. The second kappa shape index (κ2) is 5.79. The van der Waals surface area contributed by atoms with Crippen molar-refractivity contribution in [2.45, 2.75) is 71.2 Å². The van der Waals surface area contributed by atoms with Gasteiger partial charge in [0.25, 0.3) is 0 Å². The molecule has 1 aliphatic rings. The van der Waals surface area contributed by atoms with Gasteiger partial charge in [-0.25, -0.2) is 0 Å². The van der Waals surface area contributed by atoms with E-state index in [0.717, 1.165) is 25.2 Å². The molecule has 0 spiro atoms. The highest BCUT2D eigenvalue weighted by molar-refractivity contribution is 6.74. The summed E-state index contributed by atoms with van der Waals surface area (Å²) in [5.41, 5.74) is 0. The molecule has 0 aromatic heterocycles. The molecule has 2 atom stereocenters. The Bertz CT molecular complexity index is 291. The van der Waals surface area contributed by atoms with Crippen LogP contribution in [-0.2, 0) is 9.16 Å². The molecule has 0 bridgehead atoms. The van der Waals surface area contributed by atoms with Crippen LogP contribution in [0.2, 0.25) is 18.1 Å². The van der Waals surface area contributed by atoms with Crippen LogP contribution in [0.25, 0.3) is 0 Å². The summed E-state index contributed by atoms with van der Waals surface area (Å²) >= 11 is 0. The van der Waals surface area contributed by atoms with Gasteiger partial charge in [0.05, 0.1) is 5.76 Å². The Kier molecular flexibility index (Phi) is 5.07. The zero-order valence-electron chi connectivity index (χ0n) is 13.0. The maximum atomic E-state index is 6.21. The molecule has 1 saturated heterocycles. The van der Waals surface area contributed by atoms with Gasteiger partial charge in [0.1, 0.15) is 6.10 Å². The van der Waals surface area contributed by atoms with Gasteiger partial charge >= 0.3 is 0 Å². The van der Waals surface area contributed by atoms with Gasteiger partial charge in [0.15, 0.2) is 8.32 Å². The van der Waals surface area contributed by atoms with Crippen molar-refractivity contribution in [1.82, 2.24) is 0 Å². The summed E-state index contributed by atoms with van der Waals surface area (Å²) in [5, 5.41) is 0.287. The Morgan fingerprint density at radius 3 is 2.56 bits per heavy atom. The first kappa shape index (κ1) is 15.8. The van der Waals surface area contributed by atoms with Crippen molar-refractivity contribution < 1.29 is 9.16 Å². The van der Waals surface area contributed by atoms with Crippen molar-refractivity contribution in [2.24, 2.45) is 5.92 Å². The predicted molar refractivity (Wildman–Crippen MR) is 80.2 cm³/mol. The maximum Gasteiger partial charge on any atom is 0.191 e. The zero-order chi connectivity index (χ0) is 14.0. The number of rotatable bonds is 4. The second-order valence-electron chi connectivity index (χ2n) is 7.11. The third-order valence-corrected chi connectivity index (χ3v) is 9.04. The molecule has 0 amide bonds. The molecule has 2 nitrogen and oxygen atoms in total. The average molecular weight is 270 g/mol. The van der Waals surface area contributed by atoms with Gasteiger partial charge in [-0.3, -0.25) is 0 Å². The maximum absolute atomic E-state index is 6.21. The van der Waals surface area contributed by atoms with E-state index < -0.39 is 8.32 Å². The molecular formula is C15H30O2Si. The molecule has 18 heavy (non-hydrogen) atoms. The van der Waals surface area contributed by atoms with E-state index in [2.05, 4.69) is 47.4 Å². The summed E-state index contributed by atoms with van der Waals surface area (Å²) in [4.78, 5) is 0. The van der Waals surface area contributed by atoms with Crippen molar-refractivity contribution in [3.63, 3.8) is 0 Å². The molecule has 0 unspecified atom stereocenters. The van der Waals surface area contributed by atoms with E-state index in [9.17, 15) is 0 Å². The normalized spacial score (nSPS) is 26.0. The molecule has 0 radical (unpaired) electrons. The summed E-state index contributed by atoms with van der Waals surface area (Å²) < 4.78 is 12.0. The minimum Gasteiger partial charge on any atom is -0.495 e. The number of hydrogen-bond acceptors (Lipinski definition) is 2. The lowest BCUT2D eigenvalue weighted by atomic mass is 9.93. The van der Waals surface area contributed by atoms with Crippen molar-refractivity contribution in [3.8, 4) is 0 Å². The van der Waals surface area contributed by atoms with Gasteiger partial charge in [-0.05, 0) is 30.5 Å². The fourth-order valence-corrected chi connectivity index (χ4v) is 3.02. The van der Waals surface area contributed by atoms with Crippen molar-refractivity contribution in [3.05, 3.63) is 12.3 Å². The first-order valence-electron chi connectivity index (χ1n) is 7.12. The van der Waals surface area contributed by atoms with Crippen LogP contribution in [0.5, 0.6) is 0 Å².